The molecule has 0 saturated heterocycles. The van der Waals surface area contributed by atoms with E-state index in [1.165, 1.54) is 116 Å². The Balaban J connectivity index is 2.34. The van der Waals surface area contributed by atoms with Crippen LogP contribution in [0.5, 0.6) is 0 Å². The molecule has 6 atom stereocenters. The second-order valence-electron chi connectivity index (χ2n) is 17.7. The molecule has 0 aromatic carbocycles. The summed E-state index contributed by atoms with van der Waals surface area (Å²) in [6.45, 7) is 4.21. The van der Waals surface area contributed by atoms with Crippen LogP contribution in [0.25, 0.3) is 0 Å². The van der Waals surface area contributed by atoms with Crippen molar-refractivity contribution in [2.45, 2.75) is 256 Å². The summed E-state index contributed by atoms with van der Waals surface area (Å²) in [5.41, 5.74) is 0. The molecule has 63 heavy (non-hydrogen) atoms. The molecular weight excluding hydrogens is 824 g/mol. The molecule has 0 heterocycles. The Bertz CT molecular complexity index is 1180. The third kappa shape index (κ3) is 32.8. The van der Waals surface area contributed by atoms with Gasteiger partial charge in [-0.25, -0.2) is 4.57 Å². The molecule has 0 aromatic rings. The Morgan fingerprint density at radius 1 is 0.508 bits per heavy atom. The van der Waals surface area contributed by atoms with Crippen molar-refractivity contribution in [3.8, 4) is 0 Å². The lowest BCUT2D eigenvalue weighted by atomic mass is 9.85. The third-order valence-corrected chi connectivity index (χ3v) is 12.7. The lowest BCUT2D eigenvalue weighted by Gasteiger charge is -2.41. The Labute approximate surface area is 382 Å². The number of unbranched alkanes of at least 4 members (excludes halogenated alkanes) is 25. The molecule has 1 fully saturated rings. The van der Waals surface area contributed by atoms with Crippen molar-refractivity contribution < 1.29 is 58.3 Å². The Hall–Kier alpha value is -1.44. The number of hydrogen-bond acceptors (Lipinski definition) is 11. The number of ether oxygens (including phenoxy) is 2. The number of allylic oxidation sites excluding steroid dienone is 6. The number of aliphatic hydroxyl groups excluding tert-OH is 5. The van der Waals surface area contributed by atoms with Crippen molar-refractivity contribution in [3.05, 3.63) is 36.5 Å². The van der Waals surface area contributed by atoms with Crippen LogP contribution in [0, 0.1) is 0 Å². The lowest BCUT2D eigenvalue weighted by molar-refractivity contribution is -0.220. The summed E-state index contributed by atoms with van der Waals surface area (Å²) in [6, 6.07) is 0. The molecule has 6 N–H and O–H groups in total. The van der Waals surface area contributed by atoms with Gasteiger partial charge in [0.1, 0.15) is 42.7 Å². The normalized spacial score (nSPS) is 22.1. The van der Waals surface area contributed by atoms with Gasteiger partial charge in [-0.15, -0.1) is 0 Å². The van der Waals surface area contributed by atoms with Crippen molar-refractivity contribution in [1.29, 1.82) is 0 Å². The van der Waals surface area contributed by atoms with Crippen molar-refractivity contribution in [1.82, 2.24) is 0 Å². The number of phosphoric acid groups is 1. The molecular formula is C50H93O12P. The quantitative estimate of drug-likeness (QED) is 0.0147. The van der Waals surface area contributed by atoms with Gasteiger partial charge in [-0.3, -0.25) is 13.8 Å². The summed E-state index contributed by atoms with van der Waals surface area (Å²) >= 11 is 0. The number of esters is 1. The van der Waals surface area contributed by atoms with E-state index in [0.29, 0.717) is 13.0 Å². The average molecular weight is 917 g/mol. The van der Waals surface area contributed by atoms with Gasteiger partial charge in [0.2, 0.25) is 0 Å². The second-order valence-corrected chi connectivity index (χ2v) is 19.1. The molecule has 1 aliphatic carbocycles. The van der Waals surface area contributed by atoms with Crippen LogP contribution in [-0.4, -0.2) is 98.9 Å². The van der Waals surface area contributed by atoms with E-state index < -0.39 is 63.1 Å². The standard InChI is InChI=1S/C50H93O12P/c1-3-5-7-9-11-13-15-17-19-20-21-22-23-24-25-27-29-31-33-35-37-39-44(51)61-43(42-60-63(57,58)62-50-48(55)46(53)45(52)47(54)49(50)56)41-59-40-38-36-34-32-30-28-26-18-16-14-12-10-8-6-4-2/h10,12,16,18,20-21,43,45-50,52-56H,3-9,11,13-15,17,19,22-42H2,1-2H3,(H,57,58)/b12-10-,18-16-,21-20-. The molecule has 1 aliphatic rings. The smallest absolute Gasteiger partial charge is 0.457 e. The Kier molecular flexibility index (Phi) is 38.6. The highest BCUT2D eigenvalue weighted by Crippen LogP contribution is 2.47. The summed E-state index contributed by atoms with van der Waals surface area (Å²) in [5.74, 6) is -0.482. The maximum Gasteiger partial charge on any atom is 0.472 e. The van der Waals surface area contributed by atoms with E-state index in [4.69, 9.17) is 18.5 Å². The van der Waals surface area contributed by atoms with Crippen LogP contribution in [0.15, 0.2) is 36.5 Å². The fourth-order valence-corrected chi connectivity index (χ4v) is 8.63. The zero-order valence-corrected chi connectivity index (χ0v) is 40.5. The third-order valence-electron chi connectivity index (χ3n) is 11.7. The molecule has 1 rings (SSSR count). The SMILES string of the molecule is CCCC/C=C\C/C=C\CCCCCCCCOCC(COP(=O)(O)OC1C(O)C(O)C(O)C(O)C1O)OC(=O)CCCCCCCCCCC/C=C\CCCCCCCCCC. The summed E-state index contributed by atoms with van der Waals surface area (Å²) in [4.78, 5) is 23.2. The topological polar surface area (TPSA) is 192 Å². The highest BCUT2D eigenvalue weighted by Gasteiger charge is 2.51. The fourth-order valence-electron chi connectivity index (χ4n) is 7.66. The summed E-state index contributed by atoms with van der Waals surface area (Å²) in [5, 5.41) is 50.3. The van der Waals surface area contributed by atoms with Gasteiger partial charge in [-0.05, 0) is 64.2 Å². The van der Waals surface area contributed by atoms with E-state index in [2.05, 4.69) is 50.3 Å². The van der Waals surface area contributed by atoms with Crippen molar-refractivity contribution in [2.75, 3.05) is 19.8 Å². The lowest BCUT2D eigenvalue weighted by Crippen LogP contribution is -2.64. The van der Waals surface area contributed by atoms with Crippen LogP contribution in [-0.2, 0) is 27.9 Å². The zero-order chi connectivity index (χ0) is 46.2. The average Bonchev–Trinajstić information content (AvgIpc) is 3.27. The van der Waals surface area contributed by atoms with Gasteiger partial charge >= 0.3 is 13.8 Å². The highest BCUT2D eigenvalue weighted by atomic mass is 31.2. The Morgan fingerprint density at radius 2 is 0.905 bits per heavy atom. The maximum atomic E-state index is 12.8. The largest absolute Gasteiger partial charge is 0.472 e. The molecule has 0 radical (unpaired) electrons. The van der Waals surface area contributed by atoms with E-state index in [-0.39, 0.29) is 13.0 Å². The van der Waals surface area contributed by atoms with Gasteiger partial charge in [-0.2, -0.15) is 0 Å². The first-order valence-corrected chi connectivity index (χ1v) is 26.8. The van der Waals surface area contributed by atoms with E-state index >= 15 is 0 Å². The molecule has 370 valence electrons. The number of phosphoric ester groups is 1. The second kappa shape index (κ2) is 40.8. The van der Waals surface area contributed by atoms with Gasteiger partial charge < -0.3 is 39.9 Å². The van der Waals surface area contributed by atoms with Gasteiger partial charge in [0.15, 0.2) is 0 Å². The van der Waals surface area contributed by atoms with Crippen LogP contribution in [0.3, 0.4) is 0 Å². The molecule has 12 nitrogen and oxygen atoms in total. The first-order valence-electron chi connectivity index (χ1n) is 25.3. The number of hydrogen-bond donors (Lipinski definition) is 6. The summed E-state index contributed by atoms with van der Waals surface area (Å²) in [7, 11) is -5.02. The zero-order valence-electron chi connectivity index (χ0n) is 39.6. The molecule has 0 spiro atoms. The molecule has 0 aliphatic heterocycles. The summed E-state index contributed by atoms with van der Waals surface area (Å²) < 4.78 is 34.2. The molecule has 0 amide bonds. The summed E-state index contributed by atoms with van der Waals surface area (Å²) in [6.07, 6.45) is 36.4. The monoisotopic (exact) mass is 917 g/mol. The number of carbonyl (C=O) groups excluding carboxylic acids is 1. The first kappa shape index (κ1) is 59.6. The molecule has 0 aromatic heterocycles. The van der Waals surface area contributed by atoms with Crippen molar-refractivity contribution in [3.63, 3.8) is 0 Å². The van der Waals surface area contributed by atoms with Gasteiger partial charge in [0.05, 0.1) is 13.2 Å². The van der Waals surface area contributed by atoms with E-state index in [1.807, 2.05) is 0 Å². The molecule has 1 saturated carbocycles. The minimum Gasteiger partial charge on any atom is -0.457 e. The van der Waals surface area contributed by atoms with Crippen molar-refractivity contribution >= 4 is 13.8 Å². The van der Waals surface area contributed by atoms with Crippen LogP contribution in [0.2, 0.25) is 0 Å². The van der Waals surface area contributed by atoms with Crippen LogP contribution < -0.4 is 0 Å². The Morgan fingerprint density at radius 3 is 1.40 bits per heavy atom. The van der Waals surface area contributed by atoms with Crippen LogP contribution in [0.1, 0.15) is 213 Å². The van der Waals surface area contributed by atoms with Gasteiger partial charge in [0.25, 0.3) is 0 Å². The van der Waals surface area contributed by atoms with E-state index in [9.17, 15) is 39.8 Å². The minimum atomic E-state index is -5.02. The van der Waals surface area contributed by atoms with E-state index in [1.54, 1.807) is 0 Å². The number of rotatable bonds is 43. The molecule has 6 unspecified atom stereocenters. The van der Waals surface area contributed by atoms with E-state index in [0.717, 1.165) is 70.6 Å². The van der Waals surface area contributed by atoms with Crippen LogP contribution >= 0.6 is 7.82 Å². The molecule has 0 bridgehead atoms. The predicted molar refractivity (Wildman–Crippen MR) is 253 cm³/mol. The number of aliphatic hydroxyl groups is 5. The highest BCUT2D eigenvalue weighted by molar-refractivity contribution is 7.47. The van der Waals surface area contributed by atoms with Gasteiger partial charge in [0, 0.05) is 13.0 Å². The first-order chi connectivity index (χ1) is 30.5. The fraction of sp³-hybridized carbons (Fsp3) is 0.860. The maximum absolute atomic E-state index is 12.8. The number of carbonyl (C=O) groups is 1. The van der Waals surface area contributed by atoms with Crippen molar-refractivity contribution in [2.24, 2.45) is 0 Å². The minimum absolute atomic E-state index is 0.0836. The van der Waals surface area contributed by atoms with Crippen LogP contribution in [0.4, 0.5) is 0 Å². The van der Waals surface area contributed by atoms with Gasteiger partial charge in [-0.1, -0.05) is 179 Å². The predicted octanol–water partition coefficient (Wildman–Crippen LogP) is 11.0. The molecule has 13 heteroatoms.